The molecule has 126 valence electrons. The summed E-state index contributed by atoms with van der Waals surface area (Å²) in [5.74, 6) is 0.220. The van der Waals surface area contributed by atoms with Crippen LogP contribution >= 0.6 is 0 Å². The van der Waals surface area contributed by atoms with Crippen LogP contribution in [0.15, 0.2) is 48.7 Å². The first-order valence-corrected chi connectivity index (χ1v) is 8.67. The Bertz CT molecular complexity index is 686. The minimum Gasteiger partial charge on any atom is -0.372 e. The van der Waals surface area contributed by atoms with Gasteiger partial charge in [-0.05, 0) is 36.6 Å². The van der Waals surface area contributed by atoms with Gasteiger partial charge in [-0.1, -0.05) is 31.2 Å². The van der Waals surface area contributed by atoms with Gasteiger partial charge in [-0.2, -0.15) is 0 Å². The van der Waals surface area contributed by atoms with Crippen molar-refractivity contribution in [1.29, 1.82) is 0 Å². The van der Waals surface area contributed by atoms with Gasteiger partial charge in [0.15, 0.2) is 0 Å². The second-order valence-corrected chi connectivity index (χ2v) is 6.41. The maximum Gasteiger partial charge on any atom is 0.223 e. The Morgan fingerprint density at radius 1 is 1.21 bits per heavy atom. The highest BCUT2D eigenvalue weighted by atomic mass is 16.2. The smallest absolute Gasteiger partial charge is 0.223 e. The number of fused-ring (bicyclic) bond motifs is 1. The number of carbonyl (C=O) groups excluding carboxylic acids is 1. The van der Waals surface area contributed by atoms with Gasteiger partial charge < -0.3 is 9.80 Å². The van der Waals surface area contributed by atoms with Crippen molar-refractivity contribution in [3.63, 3.8) is 0 Å². The summed E-state index contributed by atoms with van der Waals surface area (Å²) in [6, 6.07) is 14.5. The highest BCUT2D eigenvalue weighted by Gasteiger charge is 2.28. The second-order valence-electron chi connectivity index (χ2n) is 6.41. The zero-order chi connectivity index (χ0) is 16.9. The Morgan fingerprint density at radius 2 is 2.00 bits per heavy atom. The van der Waals surface area contributed by atoms with E-state index in [2.05, 4.69) is 53.0 Å². The Kier molecular flexibility index (Phi) is 5.14. The van der Waals surface area contributed by atoms with Crippen molar-refractivity contribution in [1.82, 2.24) is 9.88 Å². The molecule has 4 heteroatoms. The molecule has 0 fully saturated rings. The van der Waals surface area contributed by atoms with Gasteiger partial charge in [0.25, 0.3) is 0 Å². The van der Waals surface area contributed by atoms with Gasteiger partial charge in [-0.3, -0.25) is 9.78 Å². The standard InChI is InChI=1S/C20H25N3O/c1-3-18-15-22(2)19-10-5-4-8-16(19)14-23(18)20(24)12-11-17-9-6-7-13-21-17/h4-10,13,18H,3,11-12,14-15H2,1-2H3/t18-/m1/s1. The molecule has 1 aromatic carbocycles. The molecular formula is C20H25N3O. The quantitative estimate of drug-likeness (QED) is 0.866. The van der Waals surface area contributed by atoms with Gasteiger partial charge in [0.2, 0.25) is 5.91 Å². The third-order valence-electron chi connectivity index (χ3n) is 4.78. The van der Waals surface area contributed by atoms with Crippen LogP contribution in [0.3, 0.4) is 0 Å². The van der Waals surface area contributed by atoms with Crippen molar-refractivity contribution >= 4 is 11.6 Å². The molecule has 1 amide bonds. The molecule has 1 aliphatic rings. The SMILES string of the molecule is CC[C@@H]1CN(C)c2ccccc2CN1C(=O)CCc1ccccn1. The molecule has 0 aliphatic carbocycles. The third-order valence-corrected chi connectivity index (χ3v) is 4.78. The molecule has 0 spiro atoms. The molecule has 0 saturated heterocycles. The number of likely N-dealkylation sites (N-methyl/N-ethyl adjacent to an activating group) is 1. The molecule has 2 heterocycles. The van der Waals surface area contributed by atoms with Gasteiger partial charge in [-0.25, -0.2) is 0 Å². The number of rotatable bonds is 4. The first-order chi connectivity index (χ1) is 11.7. The van der Waals surface area contributed by atoms with Gasteiger partial charge in [0.05, 0.1) is 0 Å². The lowest BCUT2D eigenvalue weighted by atomic mass is 10.1. The molecule has 1 atom stereocenters. The average Bonchev–Trinajstić information content (AvgIpc) is 2.77. The lowest BCUT2D eigenvalue weighted by Crippen LogP contribution is -2.43. The first kappa shape index (κ1) is 16.5. The fourth-order valence-corrected chi connectivity index (χ4v) is 3.41. The van der Waals surface area contributed by atoms with E-state index >= 15 is 0 Å². The van der Waals surface area contributed by atoms with Crippen LogP contribution in [0.1, 0.15) is 31.0 Å². The molecule has 0 bridgehead atoms. The molecule has 24 heavy (non-hydrogen) atoms. The fourth-order valence-electron chi connectivity index (χ4n) is 3.41. The molecular weight excluding hydrogens is 298 g/mol. The lowest BCUT2D eigenvalue weighted by Gasteiger charge is -2.30. The van der Waals surface area contributed by atoms with Crippen LogP contribution in [0.4, 0.5) is 5.69 Å². The van der Waals surface area contributed by atoms with Crippen molar-refractivity contribution in [2.24, 2.45) is 0 Å². The molecule has 0 unspecified atom stereocenters. The van der Waals surface area contributed by atoms with E-state index in [-0.39, 0.29) is 11.9 Å². The summed E-state index contributed by atoms with van der Waals surface area (Å²) in [6.07, 6.45) is 3.96. The van der Waals surface area contributed by atoms with E-state index in [0.717, 1.165) is 18.7 Å². The van der Waals surface area contributed by atoms with Crippen molar-refractivity contribution in [3.8, 4) is 0 Å². The van der Waals surface area contributed by atoms with Crippen LogP contribution in [0, 0.1) is 0 Å². The number of amides is 1. The van der Waals surface area contributed by atoms with E-state index in [4.69, 9.17) is 0 Å². The molecule has 0 saturated carbocycles. The number of carbonyl (C=O) groups is 1. The summed E-state index contributed by atoms with van der Waals surface area (Å²) in [5.41, 5.74) is 3.43. The number of anilines is 1. The van der Waals surface area contributed by atoms with Gasteiger partial charge >= 0.3 is 0 Å². The van der Waals surface area contributed by atoms with Crippen LogP contribution in [0.25, 0.3) is 0 Å². The Hall–Kier alpha value is -2.36. The normalized spacial score (nSPS) is 17.3. The third kappa shape index (κ3) is 3.58. The first-order valence-electron chi connectivity index (χ1n) is 8.67. The number of nitrogens with zero attached hydrogens (tertiary/aromatic N) is 3. The molecule has 1 aromatic heterocycles. The summed E-state index contributed by atoms with van der Waals surface area (Å²) in [4.78, 5) is 21.5. The minimum absolute atomic E-state index is 0.220. The number of pyridine rings is 1. The maximum absolute atomic E-state index is 12.9. The Balaban J connectivity index is 1.76. The van der Waals surface area contributed by atoms with E-state index in [1.807, 2.05) is 18.2 Å². The number of aryl methyl sites for hydroxylation is 1. The van der Waals surface area contributed by atoms with E-state index < -0.39 is 0 Å². The highest BCUT2D eigenvalue weighted by Crippen LogP contribution is 2.27. The van der Waals surface area contributed by atoms with E-state index in [9.17, 15) is 4.79 Å². The topological polar surface area (TPSA) is 36.4 Å². The molecule has 0 radical (unpaired) electrons. The van der Waals surface area contributed by atoms with Gasteiger partial charge in [0, 0.05) is 50.2 Å². The largest absolute Gasteiger partial charge is 0.372 e. The van der Waals surface area contributed by atoms with E-state index in [1.165, 1.54) is 11.3 Å². The number of aromatic nitrogens is 1. The summed E-state index contributed by atoms with van der Waals surface area (Å²) in [6.45, 7) is 3.73. The van der Waals surface area contributed by atoms with Gasteiger partial charge in [0.1, 0.15) is 0 Å². The molecule has 1 aliphatic heterocycles. The number of benzene rings is 1. The van der Waals surface area contributed by atoms with Crippen molar-refractivity contribution in [2.75, 3.05) is 18.5 Å². The van der Waals surface area contributed by atoms with Crippen molar-refractivity contribution in [2.45, 2.75) is 38.8 Å². The predicted molar refractivity (Wildman–Crippen MR) is 96.9 cm³/mol. The van der Waals surface area contributed by atoms with Crippen LogP contribution in [-0.2, 0) is 17.8 Å². The monoisotopic (exact) mass is 323 g/mol. The molecule has 4 nitrogen and oxygen atoms in total. The highest BCUT2D eigenvalue weighted by molar-refractivity contribution is 5.77. The van der Waals surface area contributed by atoms with Crippen LogP contribution in [0.2, 0.25) is 0 Å². The summed E-state index contributed by atoms with van der Waals surface area (Å²) in [5, 5.41) is 0. The fraction of sp³-hybridized carbons (Fsp3) is 0.400. The van der Waals surface area contributed by atoms with Gasteiger partial charge in [-0.15, -0.1) is 0 Å². The zero-order valence-electron chi connectivity index (χ0n) is 14.5. The minimum atomic E-state index is 0.220. The Labute approximate surface area is 144 Å². The van der Waals surface area contributed by atoms with Crippen LogP contribution in [0.5, 0.6) is 0 Å². The summed E-state index contributed by atoms with van der Waals surface area (Å²) < 4.78 is 0. The lowest BCUT2D eigenvalue weighted by molar-refractivity contribution is -0.134. The van der Waals surface area contributed by atoms with Crippen molar-refractivity contribution < 1.29 is 4.79 Å². The average molecular weight is 323 g/mol. The predicted octanol–water partition coefficient (Wildman–Crippen LogP) is 3.27. The Morgan fingerprint density at radius 3 is 2.75 bits per heavy atom. The summed E-state index contributed by atoms with van der Waals surface area (Å²) in [7, 11) is 2.11. The number of hydrogen-bond acceptors (Lipinski definition) is 3. The van der Waals surface area contributed by atoms with Crippen LogP contribution < -0.4 is 4.90 Å². The molecule has 2 aromatic rings. The van der Waals surface area contributed by atoms with Crippen LogP contribution in [-0.4, -0.2) is 35.4 Å². The van der Waals surface area contributed by atoms with Crippen molar-refractivity contribution in [3.05, 3.63) is 59.9 Å². The molecule has 0 N–H and O–H groups in total. The van der Waals surface area contributed by atoms with E-state index in [0.29, 0.717) is 19.4 Å². The summed E-state index contributed by atoms with van der Waals surface area (Å²) >= 11 is 0. The maximum atomic E-state index is 12.9. The van der Waals surface area contributed by atoms with E-state index in [1.54, 1.807) is 6.20 Å². The molecule has 3 rings (SSSR count). The zero-order valence-corrected chi connectivity index (χ0v) is 14.5. The second kappa shape index (κ2) is 7.47. The number of para-hydroxylation sites is 1. The number of hydrogen-bond donors (Lipinski definition) is 0.